The second kappa shape index (κ2) is 5.21. The fourth-order valence-electron chi connectivity index (χ4n) is 3.35. The molecular formula is C18H16O6. The minimum atomic E-state index is -0.193. The van der Waals surface area contributed by atoms with E-state index in [-0.39, 0.29) is 31.7 Å². The molecule has 0 radical (unpaired) electrons. The van der Waals surface area contributed by atoms with Crippen LogP contribution < -0.4 is 23.7 Å². The average molecular weight is 329 g/mol. The second-order valence-electron chi connectivity index (χ2n) is 5.86. The first-order valence-corrected chi connectivity index (χ1v) is 7.74. The Morgan fingerprint density at radius 1 is 1.08 bits per heavy atom. The van der Waals surface area contributed by atoms with Crippen molar-refractivity contribution in [2.45, 2.75) is 12.0 Å². The highest BCUT2D eigenvalue weighted by Gasteiger charge is 2.42. The molecule has 3 aliphatic rings. The molecular weight excluding hydrogens is 312 g/mol. The van der Waals surface area contributed by atoms with Gasteiger partial charge >= 0.3 is 0 Å². The Bertz CT molecular complexity index is 852. The van der Waals surface area contributed by atoms with E-state index in [9.17, 15) is 0 Å². The third-order valence-corrected chi connectivity index (χ3v) is 4.48. The van der Waals surface area contributed by atoms with Crippen molar-refractivity contribution in [1.29, 1.82) is 0 Å². The minimum Gasteiger partial charge on any atom is -0.492 e. The van der Waals surface area contributed by atoms with E-state index in [2.05, 4.69) is 0 Å². The molecule has 0 unspecified atom stereocenters. The molecule has 0 fully saturated rings. The monoisotopic (exact) mass is 329 g/mol. The lowest BCUT2D eigenvalue weighted by Crippen LogP contribution is -2.23. The molecule has 0 aromatic heterocycles. The van der Waals surface area contributed by atoms with Gasteiger partial charge in [0.1, 0.15) is 23.4 Å². The quantitative estimate of drug-likeness (QED) is 0.807. The highest BCUT2D eigenvalue weighted by atomic mass is 16.7. The van der Waals surface area contributed by atoms with Crippen molar-refractivity contribution < 1.29 is 29.8 Å². The van der Waals surface area contributed by atoms with Crippen LogP contribution in [-0.4, -0.2) is 27.3 Å². The predicted octanol–water partition coefficient (Wildman–Crippen LogP) is 3.01. The number of hydrogen-bond acceptors (Lipinski definition) is 6. The normalized spacial score (nSPS) is 22.6. The molecule has 0 saturated heterocycles. The van der Waals surface area contributed by atoms with E-state index in [1.54, 1.807) is 7.11 Å². The van der Waals surface area contributed by atoms with Crippen molar-refractivity contribution in [3.05, 3.63) is 41.4 Å². The Kier molecular flexibility index (Phi) is 2.77. The van der Waals surface area contributed by atoms with Gasteiger partial charge in [-0.05, 0) is 18.2 Å². The van der Waals surface area contributed by atoms with E-state index in [0.29, 0.717) is 29.6 Å². The average Bonchev–Trinajstić information content (AvgIpc) is 3.25. The first kappa shape index (κ1) is 12.8. The standard InChI is InChI=1S/C18H16O6/c1-19-8-21-10-2-3-11-14(4-10)20-7-13-12-5-16-17(23-9-22-16)6-15(12)24-18(11)13/h2-6,13,18H,7-9H2,1H3/t13-,18-/m0/s1/i6D. The van der Waals surface area contributed by atoms with Gasteiger partial charge in [0.25, 0.3) is 0 Å². The number of rotatable bonds is 3. The molecule has 6 nitrogen and oxygen atoms in total. The molecule has 0 spiro atoms. The van der Waals surface area contributed by atoms with Crippen molar-refractivity contribution in [3.8, 4) is 28.7 Å². The molecule has 0 saturated carbocycles. The summed E-state index contributed by atoms with van der Waals surface area (Å²) in [4.78, 5) is 0. The molecule has 2 aromatic carbocycles. The molecule has 2 aromatic rings. The highest BCUT2D eigenvalue weighted by Crippen LogP contribution is 2.54. The third kappa shape index (κ3) is 1.99. The molecule has 0 bridgehead atoms. The van der Waals surface area contributed by atoms with Gasteiger partial charge in [-0.2, -0.15) is 0 Å². The van der Waals surface area contributed by atoms with Gasteiger partial charge in [0.2, 0.25) is 6.79 Å². The van der Waals surface area contributed by atoms with Gasteiger partial charge in [-0.3, -0.25) is 0 Å². The van der Waals surface area contributed by atoms with Crippen LogP contribution in [0.2, 0.25) is 0 Å². The lowest BCUT2D eigenvalue weighted by atomic mass is 9.89. The third-order valence-electron chi connectivity index (χ3n) is 4.48. The molecule has 3 heterocycles. The van der Waals surface area contributed by atoms with Crippen LogP contribution in [0.25, 0.3) is 0 Å². The first-order valence-electron chi connectivity index (χ1n) is 8.24. The lowest BCUT2D eigenvalue weighted by molar-refractivity contribution is 0.0506. The maximum absolute atomic E-state index is 8.35. The van der Waals surface area contributed by atoms with Gasteiger partial charge in [-0.25, -0.2) is 0 Å². The van der Waals surface area contributed by atoms with E-state index in [4.69, 9.17) is 29.8 Å². The zero-order valence-electron chi connectivity index (χ0n) is 14.0. The predicted molar refractivity (Wildman–Crippen MR) is 83.1 cm³/mol. The highest BCUT2D eigenvalue weighted by molar-refractivity contribution is 5.57. The van der Waals surface area contributed by atoms with E-state index in [1.807, 2.05) is 24.3 Å². The van der Waals surface area contributed by atoms with Gasteiger partial charge in [0.05, 0.1) is 13.9 Å². The molecule has 3 aliphatic heterocycles. The Morgan fingerprint density at radius 3 is 2.92 bits per heavy atom. The van der Waals surface area contributed by atoms with Gasteiger partial charge in [-0.1, -0.05) is 0 Å². The Morgan fingerprint density at radius 2 is 2.00 bits per heavy atom. The summed E-state index contributed by atoms with van der Waals surface area (Å²) in [7, 11) is 1.58. The summed E-state index contributed by atoms with van der Waals surface area (Å²) in [5.41, 5.74) is 1.88. The van der Waals surface area contributed by atoms with Crippen molar-refractivity contribution in [3.63, 3.8) is 0 Å². The summed E-state index contributed by atoms with van der Waals surface area (Å²) in [5, 5.41) is 0. The van der Waals surface area contributed by atoms with E-state index >= 15 is 0 Å². The fourth-order valence-corrected chi connectivity index (χ4v) is 3.35. The number of hydrogen-bond donors (Lipinski definition) is 0. The SMILES string of the molecule is [2H]c1c2c(cc3c1O[C@H]1c4ccc(OCOC)cc4OC[C@@H]31)OCO2. The van der Waals surface area contributed by atoms with E-state index in [0.717, 1.165) is 16.9 Å². The van der Waals surface area contributed by atoms with Crippen molar-refractivity contribution in [2.75, 3.05) is 27.3 Å². The lowest BCUT2D eigenvalue weighted by Gasteiger charge is -2.28. The molecule has 2 atom stereocenters. The van der Waals surface area contributed by atoms with E-state index < -0.39 is 0 Å². The summed E-state index contributed by atoms with van der Waals surface area (Å²) in [5.74, 6) is 3.02. The summed E-state index contributed by atoms with van der Waals surface area (Å²) in [6.45, 7) is 0.791. The van der Waals surface area contributed by atoms with Crippen molar-refractivity contribution in [2.24, 2.45) is 0 Å². The second-order valence-corrected chi connectivity index (χ2v) is 5.86. The van der Waals surface area contributed by atoms with Crippen LogP contribution >= 0.6 is 0 Å². The van der Waals surface area contributed by atoms with E-state index in [1.165, 1.54) is 0 Å². The van der Waals surface area contributed by atoms with Crippen molar-refractivity contribution in [1.82, 2.24) is 0 Å². The van der Waals surface area contributed by atoms with Gasteiger partial charge in [-0.15, -0.1) is 0 Å². The molecule has 24 heavy (non-hydrogen) atoms. The van der Waals surface area contributed by atoms with Crippen LogP contribution in [0.4, 0.5) is 0 Å². The van der Waals surface area contributed by atoms with Crippen LogP contribution in [-0.2, 0) is 4.74 Å². The number of ether oxygens (including phenoxy) is 6. The molecule has 0 N–H and O–H groups in total. The molecule has 6 heteroatoms. The fraction of sp³-hybridized carbons (Fsp3) is 0.333. The summed E-state index contributed by atoms with van der Waals surface area (Å²) in [6.07, 6.45) is -0.193. The maximum Gasteiger partial charge on any atom is 0.231 e. The smallest absolute Gasteiger partial charge is 0.231 e. The number of benzene rings is 2. The molecule has 124 valence electrons. The van der Waals surface area contributed by atoms with Crippen LogP contribution in [0.15, 0.2) is 30.3 Å². The van der Waals surface area contributed by atoms with Crippen LogP contribution in [0.5, 0.6) is 28.7 Å². The summed E-state index contributed by atoms with van der Waals surface area (Å²) >= 11 is 0. The van der Waals surface area contributed by atoms with Gasteiger partial charge in [0, 0.05) is 30.3 Å². The minimum absolute atomic E-state index is 0.0202. The zero-order valence-corrected chi connectivity index (χ0v) is 13.0. The zero-order chi connectivity index (χ0) is 17.0. The largest absolute Gasteiger partial charge is 0.492 e. The molecule has 5 rings (SSSR count). The summed E-state index contributed by atoms with van der Waals surface area (Å²) in [6, 6.07) is 7.79. The Balaban J connectivity index is 1.51. The first-order chi connectivity index (χ1) is 12.3. The van der Waals surface area contributed by atoms with Crippen LogP contribution in [0, 0.1) is 0 Å². The topological polar surface area (TPSA) is 55.4 Å². The van der Waals surface area contributed by atoms with Crippen molar-refractivity contribution >= 4 is 0 Å². The number of fused-ring (bicyclic) bond motifs is 6. The molecule has 0 amide bonds. The van der Waals surface area contributed by atoms with Crippen LogP contribution in [0.1, 0.15) is 24.5 Å². The summed E-state index contributed by atoms with van der Waals surface area (Å²) < 4.78 is 41.6. The van der Waals surface area contributed by atoms with Gasteiger partial charge in [0.15, 0.2) is 18.3 Å². The Hall–Kier alpha value is -2.60. The Labute approximate surface area is 140 Å². The molecule has 0 aliphatic carbocycles. The van der Waals surface area contributed by atoms with Gasteiger partial charge < -0.3 is 28.4 Å². The van der Waals surface area contributed by atoms with Crippen LogP contribution in [0.3, 0.4) is 0 Å². The maximum atomic E-state index is 8.35. The number of methoxy groups -OCH3 is 1.